The number of carbonyl (C=O) groups is 1. The number of hydrogen-bond acceptors (Lipinski definition) is 3. The number of terminal acetylenes is 1. The maximum Gasteiger partial charge on any atom is 0.333 e. The van der Waals surface area contributed by atoms with Crippen LogP contribution in [0.4, 0.5) is 0 Å². The molecule has 3 atom stereocenters. The maximum absolute atomic E-state index is 12.0. The lowest BCUT2D eigenvalue weighted by Crippen LogP contribution is -2.68. The Morgan fingerprint density at radius 2 is 1.53 bits per heavy atom. The molecule has 0 radical (unpaired) electrons. The van der Waals surface area contributed by atoms with E-state index < -0.39 is 8.32 Å². The van der Waals surface area contributed by atoms with E-state index in [0.29, 0.717) is 12.2 Å². The molecule has 2 rings (SSSR count). The first-order valence-electron chi connectivity index (χ1n) is 12.2. The highest BCUT2D eigenvalue weighted by Crippen LogP contribution is 2.38. The monoisotopic (exact) mass is 476 g/mol. The number of esters is 1. The molecule has 0 aliphatic heterocycles. The van der Waals surface area contributed by atoms with Gasteiger partial charge >= 0.3 is 5.97 Å². The Bertz CT molecular complexity index is 944. The van der Waals surface area contributed by atoms with E-state index in [0.717, 1.165) is 6.42 Å². The Labute approximate surface area is 207 Å². The normalized spacial score (nSPS) is 15.2. The molecular weight excluding hydrogens is 436 g/mol. The topological polar surface area (TPSA) is 35.5 Å². The van der Waals surface area contributed by atoms with E-state index in [-0.39, 0.29) is 28.9 Å². The fourth-order valence-electron chi connectivity index (χ4n) is 4.71. The zero-order valence-corrected chi connectivity index (χ0v) is 22.8. The van der Waals surface area contributed by atoms with Crippen molar-refractivity contribution in [1.29, 1.82) is 0 Å². The third kappa shape index (κ3) is 6.49. The van der Waals surface area contributed by atoms with Crippen LogP contribution < -0.4 is 10.4 Å². The number of ether oxygens (including phenoxy) is 1. The Kier molecular flexibility index (Phi) is 9.91. The molecule has 0 fully saturated rings. The minimum absolute atomic E-state index is 0.105. The summed E-state index contributed by atoms with van der Waals surface area (Å²) >= 11 is 0. The summed E-state index contributed by atoms with van der Waals surface area (Å²) in [5.41, 5.74) is 0.631. The van der Waals surface area contributed by atoms with Crippen molar-refractivity contribution >= 4 is 24.7 Å². The van der Waals surface area contributed by atoms with Crippen molar-refractivity contribution in [3.8, 4) is 12.3 Å². The number of allylic oxidation sites excluding steroid dienone is 1. The van der Waals surface area contributed by atoms with Gasteiger partial charge in [-0.05, 0) is 47.5 Å². The van der Waals surface area contributed by atoms with Crippen LogP contribution in [0.15, 0.2) is 72.3 Å². The number of rotatable bonds is 10. The van der Waals surface area contributed by atoms with Gasteiger partial charge in [0.2, 0.25) is 0 Å². The molecule has 0 saturated heterocycles. The predicted molar refractivity (Wildman–Crippen MR) is 145 cm³/mol. The summed E-state index contributed by atoms with van der Waals surface area (Å²) in [7, 11) is -2.74. The van der Waals surface area contributed by atoms with Crippen molar-refractivity contribution in [2.75, 3.05) is 6.61 Å². The fraction of sp³-hybridized carbons (Fsp3) is 0.433. The van der Waals surface area contributed by atoms with E-state index in [2.05, 4.69) is 89.1 Å². The smallest absolute Gasteiger partial charge is 0.333 e. The van der Waals surface area contributed by atoms with Crippen molar-refractivity contribution in [1.82, 2.24) is 0 Å². The highest BCUT2D eigenvalue weighted by Gasteiger charge is 2.51. The first-order valence-corrected chi connectivity index (χ1v) is 14.1. The van der Waals surface area contributed by atoms with E-state index in [1.165, 1.54) is 10.4 Å². The summed E-state index contributed by atoms with van der Waals surface area (Å²) in [5.74, 6) is 2.98. The first kappa shape index (κ1) is 27.6. The second-order valence-electron chi connectivity index (χ2n) is 10.1. The van der Waals surface area contributed by atoms with Crippen LogP contribution in [0.1, 0.15) is 54.9 Å². The largest absolute Gasteiger partial charge is 0.463 e. The van der Waals surface area contributed by atoms with Crippen molar-refractivity contribution in [2.24, 2.45) is 11.8 Å². The van der Waals surface area contributed by atoms with Crippen LogP contribution in [-0.4, -0.2) is 27.0 Å². The molecule has 2 aromatic carbocycles. The molecule has 0 aromatic heterocycles. The molecule has 0 aliphatic carbocycles. The minimum atomic E-state index is -2.74. The van der Waals surface area contributed by atoms with Gasteiger partial charge in [0.15, 0.2) is 0 Å². The third-order valence-corrected chi connectivity index (χ3v) is 11.3. The Morgan fingerprint density at radius 1 is 1.03 bits per heavy atom. The maximum atomic E-state index is 12.0. The molecule has 4 heteroatoms. The van der Waals surface area contributed by atoms with Gasteiger partial charge in [-0.2, -0.15) is 0 Å². The van der Waals surface area contributed by atoms with Crippen molar-refractivity contribution in [3.05, 3.63) is 72.3 Å². The Balaban J connectivity index is 2.43. The van der Waals surface area contributed by atoms with Gasteiger partial charge in [0.1, 0.15) is 6.10 Å². The van der Waals surface area contributed by atoms with Crippen LogP contribution in [0.3, 0.4) is 0 Å². The first-order chi connectivity index (χ1) is 16.1. The van der Waals surface area contributed by atoms with Crippen LogP contribution >= 0.6 is 0 Å². The molecule has 0 spiro atoms. The lowest BCUT2D eigenvalue weighted by atomic mass is 9.92. The molecule has 0 N–H and O–H groups in total. The third-order valence-electron chi connectivity index (χ3n) is 6.28. The van der Waals surface area contributed by atoms with E-state index in [4.69, 9.17) is 15.6 Å². The SMILES string of the molecule is C#C[C@@H](O[Si](c1ccccc1)(c1ccccc1)C(C)(C)C)[C@@H](C)C[C@H](C)/C=C(\C)C(=O)OCC. The highest BCUT2D eigenvalue weighted by molar-refractivity contribution is 6.99. The molecule has 0 aliphatic rings. The van der Waals surface area contributed by atoms with Gasteiger partial charge in [-0.1, -0.05) is 107 Å². The summed E-state index contributed by atoms with van der Waals surface area (Å²) in [6, 6.07) is 21.1. The van der Waals surface area contributed by atoms with Gasteiger partial charge in [0.05, 0.1) is 6.61 Å². The van der Waals surface area contributed by atoms with E-state index in [1.807, 2.05) is 25.1 Å². The van der Waals surface area contributed by atoms with Crippen molar-refractivity contribution in [3.63, 3.8) is 0 Å². The van der Waals surface area contributed by atoms with Crippen LogP contribution in [0.5, 0.6) is 0 Å². The summed E-state index contributed by atoms with van der Waals surface area (Å²) in [5, 5.41) is 2.29. The number of benzene rings is 2. The summed E-state index contributed by atoms with van der Waals surface area (Å²) in [4.78, 5) is 12.0. The quantitative estimate of drug-likeness (QED) is 0.190. The van der Waals surface area contributed by atoms with Crippen molar-refractivity contribution < 1.29 is 14.0 Å². The molecule has 182 valence electrons. The van der Waals surface area contributed by atoms with E-state index >= 15 is 0 Å². The van der Waals surface area contributed by atoms with E-state index in [1.54, 1.807) is 6.92 Å². The van der Waals surface area contributed by atoms with Crippen LogP contribution in [0, 0.1) is 24.2 Å². The van der Waals surface area contributed by atoms with E-state index in [9.17, 15) is 4.79 Å². The standard InChI is InChI=1S/C30H40O3Si/c1-9-28(24(4)21-23(3)22-25(5)29(31)32-10-2)33-34(30(6,7)8,26-17-13-11-14-18-26)27-19-15-12-16-20-27/h1,11-20,22-24,28H,10,21H2,2-8H3/b25-22+/t23-,24-,28+/m0/s1. The van der Waals surface area contributed by atoms with Crippen molar-refractivity contribution in [2.45, 2.75) is 66.0 Å². The lowest BCUT2D eigenvalue weighted by molar-refractivity contribution is -0.138. The summed E-state index contributed by atoms with van der Waals surface area (Å²) < 4.78 is 12.3. The molecule has 34 heavy (non-hydrogen) atoms. The fourth-order valence-corrected chi connectivity index (χ4v) is 9.41. The zero-order valence-electron chi connectivity index (χ0n) is 21.8. The lowest BCUT2D eigenvalue weighted by Gasteiger charge is -2.45. The van der Waals surface area contributed by atoms with Gasteiger partial charge in [-0.15, -0.1) is 6.42 Å². The number of carbonyl (C=O) groups excluding carboxylic acids is 1. The molecule has 0 amide bonds. The van der Waals surface area contributed by atoms with Crippen LogP contribution in [0.25, 0.3) is 0 Å². The highest BCUT2D eigenvalue weighted by atomic mass is 28.4. The van der Waals surface area contributed by atoms with Crippen LogP contribution in [0.2, 0.25) is 5.04 Å². The Hall–Kier alpha value is -2.61. The average molecular weight is 477 g/mol. The summed E-state index contributed by atoms with van der Waals surface area (Å²) in [6.45, 7) is 15.0. The predicted octanol–water partition coefficient (Wildman–Crippen LogP) is 5.74. The molecule has 0 saturated carbocycles. The minimum Gasteiger partial charge on any atom is -0.463 e. The molecule has 0 bridgehead atoms. The molecule has 0 heterocycles. The summed E-state index contributed by atoms with van der Waals surface area (Å²) in [6.07, 6.45) is 8.53. The Morgan fingerprint density at radius 3 is 1.94 bits per heavy atom. The molecule has 3 nitrogen and oxygen atoms in total. The van der Waals surface area contributed by atoms with Gasteiger partial charge in [-0.3, -0.25) is 0 Å². The number of hydrogen-bond donors (Lipinski definition) is 0. The van der Waals surface area contributed by atoms with Gasteiger partial charge < -0.3 is 9.16 Å². The van der Waals surface area contributed by atoms with Gasteiger partial charge in [0, 0.05) is 5.57 Å². The van der Waals surface area contributed by atoms with Gasteiger partial charge in [-0.25, -0.2) is 4.79 Å². The average Bonchev–Trinajstić information content (AvgIpc) is 2.80. The van der Waals surface area contributed by atoms with Crippen LogP contribution in [-0.2, 0) is 14.0 Å². The second-order valence-corrected chi connectivity index (χ2v) is 14.4. The zero-order chi connectivity index (χ0) is 25.4. The molecule has 2 aromatic rings. The second kappa shape index (κ2) is 12.2. The molecule has 0 unspecified atom stereocenters. The van der Waals surface area contributed by atoms with Gasteiger partial charge in [0.25, 0.3) is 8.32 Å². The molecular formula is C30H40O3Si.